The number of anilines is 2. The number of nitrogens with one attached hydrogen (secondary N) is 1. The molecule has 3 rings (SSSR count). The van der Waals surface area contributed by atoms with E-state index >= 15 is 0 Å². The van der Waals surface area contributed by atoms with Gasteiger partial charge in [-0.25, -0.2) is 4.39 Å². The van der Waals surface area contributed by atoms with Crippen LogP contribution in [-0.2, 0) is 0 Å². The van der Waals surface area contributed by atoms with Gasteiger partial charge in [-0.2, -0.15) is 0 Å². The third kappa shape index (κ3) is 3.00. The van der Waals surface area contributed by atoms with Crippen LogP contribution in [0.3, 0.4) is 0 Å². The van der Waals surface area contributed by atoms with Crippen molar-refractivity contribution in [1.82, 2.24) is 0 Å². The van der Waals surface area contributed by atoms with Gasteiger partial charge in [-0.05, 0) is 51.4 Å². The van der Waals surface area contributed by atoms with Crippen molar-refractivity contribution in [3.8, 4) is 5.75 Å². The first-order chi connectivity index (χ1) is 9.54. The lowest BCUT2D eigenvalue weighted by Crippen LogP contribution is -2.25. The molecule has 110 valence electrons. The Kier molecular flexibility index (Phi) is 3.48. The highest BCUT2D eigenvalue weighted by Gasteiger charge is 2.41. The van der Waals surface area contributed by atoms with Crippen molar-refractivity contribution in [2.24, 2.45) is 11.8 Å². The largest absolute Gasteiger partial charge is 0.488 e. The predicted octanol–water partition coefficient (Wildman–Crippen LogP) is 3.80. The fourth-order valence-corrected chi connectivity index (χ4v) is 2.75. The smallest absolute Gasteiger partial charge is 0.167 e. The molecule has 4 heteroatoms. The zero-order valence-electron chi connectivity index (χ0n) is 12.2. The maximum absolute atomic E-state index is 13.8. The molecule has 0 radical (unpaired) electrons. The molecule has 0 atom stereocenters. The number of halogens is 1. The summed E-state index contributed by atoms with van der Waals surface area (Å²) in [4.78, 5) is 0. The third-order valence-electron chi connectivity index (χ3n) is 4.05. The first-order valence-electron chi connectivity index (χ1n) is 7.57. The minimum absolute atomic E-state index is 0.0522. The molecular formula is C16H23FN2O. The van der Waals surface area contributed by atoms with Gasteiger partial charge < -0.3 is 15.8 Å². The van der Waals surface area contributed by atoms with E-state index in [1.165, 1.54) is 31.7 Å². The second-order valence-electron chi connectivity index (χ2n) is 6.38. The molecule has 0 bridgehead atoms. The quantitative estimate of drug-likeness (QED) is 0.778. The molecule has 0 aromatic heterocycles. The van der Waals surface area contributed by atoms with Crippen molar-refractivity contribution in [1.29, 1.82) is 0 Å². The summed E-state index contributed by atoms with van der Waals surface area (Å²) in [6.45, 7) is 3.78. The number of nitrogen functional groups attached to an aromatic ring is 1. The van der Waals surface area contributed by atoms with E-state index in [2.05, 4.69) is 5.32 Å². The highest BCUT2D eigenvalue weighted by molar-refractivity contribution is 5.69. The van der Waals surface area contributed by atoms with Gasteiger partial charge >= 0.3 is 0 Å². The average Bonchev–Trinajstić information content (AvgIpc) is 3.25. The maximum atomic E-state index is 13.8. The lowest BCUT2D eigenvalue weighted by atomic mass is 10.1. The SMILES string of the molecule is CC(C)Oc1cc(NC(C2CC2)C2CC2)c(N)cc1F. The van der Waals surface area contributed by atoms with Crippen LogP contribution >= 0.6 is 0 Å². The molecule has 2 fully saturated rings. The van der Waals surface area contributed by atoms with Crippen molar-refractivity contribution in [3.63, 3.8) is 0 Å². The van der Waals surface area contributed by atoms with Crippen LogP contribution in [0.4, 0.5) is 15.8 Å². The van der Waals surface area contributed by atoms with Crippen LogP contribution in [-0.4, -0.2) is 12.1 Å². The summed E-state index contributed by atoms with van der Waals surface area (Å²) in [5, 5.41) is 3.54. The van der Waals surface area contributed by atoms with E-state index in [-0.39, 0.29) is 11.9 Å². The van der Waals surface area contributed by atoms with Crippen LogP contribution in [0.25, 0.3) is 0 Å². The highest BCUT2D eigenvalue weighted by atomic mass is 19.1. The molecule has 0 amide bonds. The monoisotopic (exact) mass is 278 g/mol. The van der Waals surface area contributed by atoms with Crippen LogP contribution < -0.4 is 15.8 Å². The number of benzene rings is 1. The Labute approximate surface area is 119 Å². The summed E-state index contributed by atoms with van der Waals surface area (Å²) in [6.07, 6.45) is 5.13. The number of rotatable bonds is 6. The molecule has 2 saturated carbocycles. The van der Waals surface area contributed by atoms with Crippen molar-refractivity contribution in [3.05, 3.63) is 17.9 Å². The molecule has 0 spiro atoms. The van der Waals surface area contributed by atoms with Crippen molar-refractivity contribution < 1.29 is 9.13 Å². The predicted molar refractivity (Wildman–Crippen MR) is 79.4 cm³/mol. The second kappa shape index (κ2) is 5.15. The average molecular weight is 278 g/mol. The van der Waals surface area contributed by atoms with E-state index in [0.717, 1.165) is 17.5 Å². The number of nitrogens with two attached hydrogens (primary N) is 1. The van der Waals surface area contributed by atoms with Crippen LogP contribution in [0.1, 0.15) is 39.5 Å². The van der Waals surface area contributed by atoms with Crippen molar-refractivity contribution in [2.75, 3.05) is 11.1 Å². The fraction of sp³-hybridized carbons (Fsp3) is 0.625. The van der Waals surface area contributed by atoms with E-state index in [0.29, 0.717) is 11.7 Å². The summed E-state index contributed by atoms with van der Waals surface area (Å²) in [7, 11) is 0. The zero-order chi connectivity index (χ0) is 14.3. The Morgan fingerprint density at radius 2 is 1.80 bits per heavy atom. The Balaban J connectivity index is 1.80. The molecule has 2 aliphatic rings. The molecule has 3 nitrogen and oxygen atoms in total. The minimum atomic E-state index is -0.392. The second-order valence-corrected chi connectivity index (χ2v) is 6.38. The Bertz CT molecular complexity index is 483. The van der Waals surface area contributed by atoms with Gasteiger partial charge in [-0.3, -0.25) is 0 Å². The highest BCUT2D eigenvalue weighted by Crippen LogP contribution is 2.46. The molecule has 3 N–H and O–H groups in total. The van der Waals surface area contributed by atoms with Crippen LogP contribution in [0.5, 0.6) is 5.75 Å². The summed E-state index contributed by atoms with van der Waals surface area (Å²) in [5.41, 5.74) is 7.23. The lowest BCUT2D eigenvalue weighted by Gasteiger charge is -2.21. The third-order valence-corrected chi connectivity index (χ3v) is 4.05. The van der Waals surface area contributed by atoms with Crippen molar-refractivity contribution in [2.45, 2.75) is 51.7 Å². The first kappa shape index (κ1) is 13.5. The van der Waals surface area contributed by atoms with Gasteiger partial charge in [0.05, 0.1) is 17.5 Å². The molecular weight excluding hydrogens is 255 g/mol. The summed E-state index contributed by atoms with van der Waals surface area (Å²) in [5.74, 6) is 1.42. The molecule has 0 saturated heterocycles. The van der Waals surface area contributed by atoms with Crippen LogP contribution in [0, 0.1) is 17.7 Å². The van der Waals surface area contributed by atoms with E-state index in [1.807, 2.05) is 13.8 Å². The molecule has 20 heavy (non-hydrogen) atoms. The van der Waals surface area contributed by atoms with Crippen molar-refractivity contribution >= 4 is 11.4 Å². The Morgan fingerprint density at radius 1 is 1.20 bits per heavy atom. The Hall–Kier alpha value is -1.45. The molecule has 0 unspecified atom stereocenters. The van der Waals surface area contributed by atoms with Gasteiger partial charge in [0.15, 0.2) is 11.6 Å². The van der Waals surface area contributed by atoms with Gasteiger partial charge in [0, 0.05) is 18.2 Å². The lowest BCUT2D eigenvalue weighted by molar-refractivity contribution is 0.231. The standard InChI is InChI=1S/C16H23FN2O/c1-9(2)20-15-8-14(13(18)7-12(15)17)19-16(10-3-4-10)11-5-6-11/h7-11,16,19H,3-6,18H2,1-2H3. The topological polar surface area (TPSA) is 47.3 Å². The summed E-state index contributed by atoms with van der Waals surface area (Å²) >= 11 is 0. The zero-order valence-corrected chi connectivity index (χ0v) is 12.2. The van der Waals surface area contributed by atoms with E-state index in [4.69, 9.17) is 10.5 Å². The van der Waals surface area contributed by atoms with Gasteiger partial charge in [-0.1, -0.05) is 0 Å². The van der Waals surface area contributed by atoms with E-state index in [1.54, 1.807) is 6.07 Å². The van der Waals surface area contributed by atoms with Gasteiger partial charge in [0.2, 0.25) is 0 Å². The first-order valence-corrected chi connectivity index (χ1v) is 7.57. The molecule has 1 aromatic rings. The van der Waals surface area contributed by atoms with Crippen LogP contribution in [0.2, 0.25) is 0 Å². The molecule has 0 heterocycles. The molecule has 0 aliphatic heterocycles. The number of hydrogen-bond donors (Lipinski definition) is 2. The minimum Gasteiger partial charge on any atom is -0.488 e. The number of hydrogen-bond acceptors (Lipinski definition) is 3. The summed E-state index contributed by atoms with van der Waals surface area (Å²) in [6, 6.07) is 3.56. The van der Waals surface area contributed by atoms with Gasteiger partial charge in [0.1, 0.15) is 0 Å². The normalized spacial score (nSPS) is 18.6. The maximum Gasteiger partial charge on any atom is 0.167 e. The summed E-state index contributed by atoms with van der Waals surface area (Å²) < 4.78 is 19.3. The van der Waals surface area contributed by atoms with E-state index in [9.17, 15) is 4.39 Å². The van der Waals surface area contributed by atoms with E-state index < -0.39 is 5.82 Å². The van der Waals surface area contributed by atoms with Gasteiger partial charge in [-0.15, -0.1) is 0 Å². The fourth-order valence-electron chi connectivity index (χ4n) is 2.75. The number of ether oxygens (including phenoxy) is 1. The van der Waals surface area contributed by atoms with Crippen LogP contribution in [0.15, 0.2) is 12.1 Å². The molecule has 1 aromatic carbocycles. The van der Waals surface area contributed by atoms with Gasteiger partial charge in [0.25, 0.3) is 0 Å². The molecule has 2 aliphatic carbocycles. The Morgan fingerprint density at radius 3 is 2.30 bits per heavy atom.